The van der Waals surface area contributed by atoms with Crippen molar-refractivity contribution < 1.29 is 0 Å². The molecule has 5 rings (SSSR count). The van der Waals surface area contributed by atoms with Gasteiger partial charge in [0, 0.05) is 31.6 Å². The zero-order valence-corrected chi connectivity index (χ0v) is 15.6. The van der Waals surface area contributed by atoms with E-state index in [0.717, 1.165) is 33.0 Å². The van der Waals surface area contributed by atoms with Gasteiger partial charge in [-0.2, -0.15) is 20.1 Å². The van der Waals surface area contributed by atoms with E-state index in [1.165, 1.54) is 9.48 Å². The van der Waals surface area contributed by atoms with Crippen LogP contribution in [0.5, 0.6) is 0 Å². The van der Waals surface area contributed by atoms with Crippen molar-refractivity contribution in [1.29, 1.82) is 0 Å². The number of fused-ring (bicyclic) bond motifs is 3. The van der Waals surface area contributed by atoms with Crippen LogP contribution in [0.25, 0.3) is 21.3 Å². The largest absolute Gasteiger partial charge is 0.323 e. The van der Waals surface area contributed by atoms with Crippen LogP contribution in [-0.2, 0) is 27.1 Å². The number of allylic oxidation sites excluding steroid dienone is 1. The van der Waals surface area contributed by atoms with Crippen LogP contribution < -0.4 is 5.56 Å². The molecule has 27 heavy (non-hydrogen) atoms. The number of rotatable bonds is 4. The van der Waals surface area contributed by atoms with Crippen LogP contribution in [-0.4, -0.2) is 46.6 Å². The van der Waals surface area contributed by atoms with Gasteiger partial charge in [0.25, 0.3) is 5.56 Å². The van der Waals surface area contributed by atoms with Crippen LogP contribution in [0.4, 0.5) is 0 Å². The molecule has 0 aromatic carbocycles. The monoisotopic (exact) mass is 380 g/mol. The van der Waals surface area contributed by atoms with Gasteiger partial charge in [0.1, 0.15) is 16.2 Å². The van der Waals surface area contributed by atoms with Gasteiger partial charge in [0.05, 0.1) is 30.2 Å². The molecule has 0 saturated heterocycles. The van der Waals surface area contributed by atoms with Crippen molar-refractivity contribution >= 4 is 38.3 Å². The summed E-state index contributed by atoms with van der Waals surface area (Å²) < 4.78 is 4.25. The average Bonchev–Trinajstić information content (AvgIpc) is 3.40. The Hall–Kier alpha value is -3.14. The van der Waals surface area contributed by atoms with Gasteiger partial charge in [-0.25, -0.2) is 9.67 Å². The molecule has 0 radical (unpaired) electrons. The number of hydrogen-bond acceptors (Lipinski definition) is 7. The molecule has 4 aromatic rings. The third-order valence-electron chi connectivity index (χ3n) is 4.57. The molecule has 1 aliphatic heterocycles. The van der Waals surface area contributed by atoms with Crippen LogP contribution in [0, 0.1) is 0 Å². The minimum absolute atomic E-state index is 0.157. The van der Waals surface area contributed by atoms with Crippen molar-refractivity contribution in [2.75, 3.05) is 6.54 Å². The van der Waals surface area contributed by atoms with Crippen LogP contribution in [0.1, 0.15) is 10.7 Å². The third kappa shape index (κ3) is 2.60. The van der Waals surface area contributed by atoms with E-state index >= 15 is 0 Å². The molecule has 4 aromatic heterocycles. The van der Waals surface area contributed by atoms with Crippen molar-refractivity contribution in [2.24, 2.45) is 19.1 Å². The Morgan fingerprint density at radius 2 is 2.11 bits per heavy atom. The Kier molecular flexibility index (Phi) is 3.54. The summed E-state index contributed by atoms with van der Waals surface area (Å²) in [5.41, 5.74) is 2.99. The minimum Gasteiger partial charge on any atom is -0.323 e. The van der Waals surface area contributed by atoms with Crippen molar-refractivity contribution in [3.05, 3.63) is 45.6 Å². The highest BCUT2D eigenvalue weighted by molar-refractivity contribution is 7.19. The van der Waals surface area contributed by atoms with E-state index in [9.17, 15) is 4.79 Å². The molecule has 10 heteroatoms. The number of nitrogens with zero attached hydrogens (tertiary/aromatic N) is 8. The molecule has 0 atom stereocenters. The number of aromatic nitrogens is 7. The fourth-order valence-corrected chi connectivity index (χ4v) is 4.44. The van der Waals surface area contributed by atoms with Gasteiger partial charge in [-0.3, -0.25) is 9.79 Å². The molecule has 136 valence electrons. The molecular formula is C17H16N8OS. The van der Waals surface area contributed by atoms with Crippen molar-refractivity contribution in [1.82, 2.24) is 34.3 Å². The number of hydrogen-bond donors (Lipinski definition) is 0. The topological polar surface area (TPSA) is 95.8 Å². The minimum atomic E-state index is -0.157. The first-order valence-electron chi connectivity index (χ1n) is 8.49. The van der Waals surface area contributed by atoms with Gasteiger partial charge < -0.3 is 4.57 Å². The molecule has 0 aliphatic carbocycles. The van der Waals surface area contributed by atoms with Crippen molar-refractivity contribution in [3.63, 3.8) is 0 Å². The van der Waals surface area contributed by atoms with Crippen molar-refractivity contribution in [2.45, 2.75) is 13.0 Å². The third-order valence-corrected chi connectivity index (χ3v) is 5.65. The predicted molar refractivity (Wildman–Crippen MR) is 103 cm³/mol. The number of aryl methyl sites for hydroxylation is 2. The lowest BCUT2D eigenvalue weighted by molar-refractivity contribution is 0.603. The lowest BCUT2D eigenvalue weighted by atomic mass is 10.3. The maximum absolute atomic E-state index is 13.0. The lowest BCUT2D eigenvalue weighted by Crippen LogP contribution is -2.24. The van der Waals surface area contributed by atoms with Gasteiger partial charge >= 0.3 is 0 Å². The summed E-state index contributed by atoms with van der Waals surface area (Å²) >= 11 is 1.60. The fraction of sp³-hybridized carbons (Fsp3) is 0.294. The molecule has 0 N–H and O–H groups in total. The van der Waals surface area contributed by atoms with E-state index in [4.69, 9.17) is 4.98 Å². The van der Waals surface area contributed by atoms with Gasteiger partial charge in [0.15, 0.2) is 5.65 Å². The average molecular weight is 380 g/mol. The first-order chi connectivity index (χ1) is 13.1. The fourth-order valence-electron chi connectivity index (χ4n) is 3.32. The summed E-state index contributed by atoms with van der Waals surface area (Å²) in [7, 11) is 3.61. The second-order valence-corrected chi connectivity index (χ2v) is 7.51. The van der Waals surface area contributed by atoms with E-state index < -0.39 is 0 Å². The predicted octanol–water partition coefficient (Wildman–Crippen LogP) is 1.07. The molecule has 0 bridgehead atoms. The normalized spacial score (nSPS) is 13.9. The summed E-state index contributed by atoms with van der Waals surface area (Å²) in [5.74, 6) is 0. The van der Waals surface area contributed by atoms with Crippen LogP contribution >= 0.6 is 11.3 Å². The second kappa shape index (κ2) is 5.95. The van der Waals surface area contributed by atoms with Crippen LogP contribution in [0.15, 0.2) is 34.3 Å². The summed E-state index contributed by atoms with van der Waals surface area (Å²) in [6, 6.07) is 0. The van der Waals surface area contributed by atoms with E-state index in [1.807, 2.05) is 23.8 Å². The standard InChI is InChI=1S/C17H16N8OS/c1-23-14-12(8-20-25(17(14)26)9-11-7-19-24(2)22-11)15-16(23)21-13(27-15)6-10-4-3-5-18-10/h3-4,7-8H,5-6,9H2,1-2H3. The lowest BCUT2D eigenvalue weighted by Gasteiger charge is -2.03. The number of aliphatic imine (C=N–C) groups is 1. The Bertz CT molecular complexity index is 1300. The summed E-state index contributed by atoms with van der Waals surface area (Å²) in [4.78, 5) is 23.6. The second-order valence-electron chi connectivity index (χ2n) is 6.43. The quantitative estimate of drug-likeness (QED) is 0.528. The first-order valence-corrected chi connectivity index (χ1v) is 9.31. The van der Waals surface area contributed by atoms with Crippen LogP contribution in [0.2, 0.25) is 0 Å². The maximum atomic E-state index is 13.0. The molecular weight excluding hydrogens is 364 g/mol. The zero-order chi connectivity index (χ0) is 18.5. The zero-order valence-electron chi connectivity index (χ0n) is 14.8. The molecule has 5 heterocycles. The van der Waals surface area contributed by atoms with E-state index in [-0.39, 0.29) is 12.1 Å². The molecule has 0 spiro atoms. The molecule has 9 nitrogen and oxygen atoms in total. The summed E-state index contributed by atoms with van der Waals surface area (Å²) in [5, 5.41) is 14.4. The highest BCUT2D eigenvalue weighted by Crippen LogP contribution is 2.31. The van der Waals surface area contributed by atoms with Gasteiger partial charge in [0.2, 0.25) is 0 Å². The van der Waals surface area contributed by atoms with Gasteiger partial charge in [-0.15, -0.1) is 11.3 Å². The smallest absolute Gasteiger partial charge is 0.291 e. The number of thiazole rings is 1. The van der Waals surface area contributed by atoms with E-state index in [0.29, 0.717) is 17.6 Å². The highest BCUT2D eigenvalue weighted by atomic mass is 32.1. The van der Waals surface area contributed by atoms with Crippen molar-refractivity contribution in [3.8, 4) is 0 Å². The maximum Gasteiger partial charge on any atom is 0.291 e. The van der Waals surface area contributed by atoms with Gasteiger partial charge in [-0.05, 0) is 6.08 Å². The Labute approximate surface area is 157 Å². The molecule has 0 saturated carbocycles. The van der Waals surface area contributed by atoms with E-state index in [2.05, 4.69) is 20.3 Å². The highest BCUT2D eigenvalue weighted by Gasteiger charge is 2.19. The first kappa shape index (κ1) is 16.1. The molecule has 0 fully saturated rings. The Morgan fingerprint density at radius 3 is 2.85 bits per heavy atom. The summed E-state index contributed by atoms with van der Waals surface area (Å²) in [6.45, 7) is 1.03. The molecule has 1 aliphatic rings. The Morgan fingerprint density at radius 1 is 1.22 bits per heavy atom. The molecule has 0 unspecified atom stereocenters. The summed E-state index contributed by atoms with van der Waals surface area (Å²) in [6.07, 6.45) is 8.17. The van der Waals surface area contributed by atoms with Gasteiger partial charge in [-0.1, -0.05) is 6.08 Å². The SMILES string of the molecule is Cn1ncc(Cn2ncc3c4sc(CC5=NCC=C5)nc4n(C)c3c2=O)n1. The van der Waals surface area contributed by atoms with Crippen LogP contribution in [0.3, 0.4) is 0 Å². The Balaban J connectivity index is 1.59. The molecule has 0 amide bonds. The van der Waals surface area contributed by atoms with E-state index in [1.54, 1.807) is 30.8 Å².